The van der Waals surface area contributed by atoms with Crippen LogP contribution in [0.4, 0.5) is 14.5 Å². The zero-order chi connectivity index (χ0) is 13.9. The molecular weight excluding hydrogens is 250 g/mol. The Morgan fingerprint density at radius 2 is 2.26 bits per heavy atom. The summed E-state index contributed by atoms with van der Waals surface area (Å²) in [7, 11) is 0. The predicted octanol–water partition coefficient (Wildman–Crippen LogP) is 2.83. The third-order valence-electron chi connectivity index (χ3n) is 3.55. The number of hydrogen-bond donors (Lipinski definition) is 2. The summed E-state index contributed by atoms with van der Waals surface area (Å²) in [6, 6.07) is 3.77. The molecule has 1 aliphatic heterocycles. The van der Waals surface area contributed by atoms with Gasteiger partial charge in [-0.15, -0.1) is 0 Å². The Morgan fingerprint density at radius 1 is 1.47 bits per heavy atom. The van der Waals surface area contributed by atoms with Gasteiger partial charge in [-0.2, -0.15) is 0 Å². The molecule has 0 saturated carbocycles. The van der Waals surface area contributed by atoms with E-state index in [0.717, 1.165) is 31.9 Å². The van der Waals surface area contributed by atoms with Crippen molar-refractivity contribution in [1.29, 1.82) is 0 Å². The summed E-state index contributed by atoms with van der Waals surface area (Å²) in [5.74, 6) is -2.25. The van der Waals surface area contributed by atoms with Crippen LogP contribution in [0, 0.1) is 11.6 Å². The molecule has 1 aliphatic rings. The Hall–Kier alpha value is -1.49. The molecule has 1 aromatic carbocycles. The van der Waals surface area contributed by atoms with Crippen molar-refractivity contribution in [3.05, 3.63) is 29.8 Å². The van der Waals surface area contributed by atoms with Crippen LogP contribution in [0.3, 0.4) is 0 Å². The second kappa shape index (κ2) is 5.65. The molecule has 0 bridgehead atoms. The Morgan fingerprint density at radius 3 is 2.89 bits per heavy atom. The van der Waals surface area contributed by atoms with Crippen molar-refractivity contribution in [2.45, 2.75) is 38.1 Å². The van der Waals surface area contributed by atoms with Crippen molar-refractivity contribution in [2.24, 2.45) is 0 Å². The average molecular weight is 268 g/mol. The molecule has 1 unspecified atom stereocenters. The Bertz CT molecular complexity index is 471. The Kier molecular flexibility index (Phi) is 4.14. The summed E-state index contributed by atoms with van der Waals surface area (Å²) in [6.45, 7) is 2.77. The largest absolute Gasteiger partial charge is 0.322 e. The van der Waals surface area contributed by atoms with Crippen molar-refractivity contribution in [1.82, 2.24) is 5.32 Å². The molecule has 5 heteroatoms. The molecule has 104 valence electrons. The van der Waals surface area contributed by atoms with E-state index < -0.39 is 17.2 Å². The molecule has 0 aliphatic carbocycles. The van der Waals surface area contributed by atoms with Gasteiger partial charge in [-0.1, -0.05) is 19.4 Å². The van der Waals surface area contributed by atoms with E-state index in [1.807, 2.05) is 6.92 Å². The Labute approximate surface area is 111 Å². The van der Waals surface area contributed by atoms with E-state index in [4.69, 9.17) is 0 Å². The molecule has 2 N–H and O–H groups in total. The second-order valence-corrected chi connectivity index (χ2v) is 4.92. The first-order valence-corrected chi connectivity index (χ1v) is 6.59. The number of hydrogen-bond acceptors (Lipinski definition) is 2. The van der Waals surface area contributed by atoms with Crippen molar-refractivity contribution >= 4 is 11.6 Å². The number of amides is 1. The number of anilines is 1. The van der Waals surface area contributed by atoms with Gasteiger partial charge in [-0.05, 0) is 37.9 Å². The quantitative estimate of drug-likeness (QED) is 0.881. The van der Waals surface area contributed by atoms with E-state index in [1.54, 1.807) is 0 Å². The molecule has 0 spiro atoms. The van der Waals surface area contributed by atoms with Crippen LogP contribution < -0.4 is 10.6 Å². The van der Waals surface area contributed by atoms with Gasteiger partial charge in [0.05, 0.1) is 11.2 Å². The fraction of sp³-hybridized carbons (Fsp3) is 0.500. The molecule has 2 rings (SSSR count). The standard InChI is InChI=1S/C14H18F2N2O/c1-2-7-14(8-4-9-17-14)13(19)18-11-6-3-5-10(15)12(11)16/h3,5-6,17H,2,4,7-9H2,1H3,(H,18,19). The van der Waals surface area contributed by atoms with Gasteiger partial charge < -0.3 is 10.6 Å². The molecule has 19 heavy (non-hydrogen) atoms. The molecule has 1 saturated heterocycles. The van der Waals surface area contributed by atoms with E-state index in [2.05, 4.69) is 10.6 Å². The predicted molar refractivity (Wildman–Crippen MR) is 69.9 cm³/mol. The maximum Gasteiger partial charge on any atom is 0.244 e. The van der Waals surface area contributed by atoms with Gasteiger partial charge in [0.15, 0.2) is 11.6 Å². The number of halogens is 2. The van der Waals surface area contributed by atoms with Crippen LogP contribution in [-0.4, -0.2) is 18.0 Å². The fourth-order valence-electron chi connectivity index (χ4n) is 2.60. The van der Waals surface area contributed by atoms with Gasteiger partial charge >= 0.3 is 0 Å². The molecule has 1 amide bonds. The first kappa shape index (κ1) is 13.9. The lowest BCUT2D eigenvalue weighted by molar-refractivity contribution is -0.122. The molecule has 0 aromatic heterocycles. The molecule has 0 radical (unpaired) electrons. The summed E-state index contributed by atoms with van der Waals surface area (Å²) >= 11 is 0. The smallest absolute Gasteiger partial charge is 0.244 e. The zero-order valence-electron chi connectivity index (χ0n) is 10.9. The lowest BCUT2D eigenvalue weighted by atomic mass is 9.91. The summed E-state index contributed by atoms with van der Waals surface area (Å²) in [6.07, 6.45) is 3.19. The number of carbonyl (C=O) groups is 1. The Balaban J connectivity index is 2.17. The highest BCUT2D eigenvalue weighted by Crippen LogP contribution is 2.27. The van der Waals surface area contributed by atoms with E-state index in [0.29, 0.717) is 6.42 Å². The highest BCUT2D eigenvalue weighted by molar-refractivity contribution is 5.98. The number of rotatable bonds is 4. The normalized spacial score (nSPS) is 22.5. The summed E-state index contributed by atoms with van der Waals surface area (Å²) in [5.41, 5.74) is -0.748. The average Bonchev–Trinajstić information content (AvgIpc) is 2.85. The topological polar surface area (TPSA) is 41.1 Å². The van der Waals surface area contributed by atoms with Crippen LogP contribution in [0.1, 0.15) is 32.6 Å². The molecule has 1 atom stereocenters. The minimum absolute atomic E-state index is 0.103. The third-order valence-corrected chi connectivity index (χ3v) is 3.55. The number of carbonyl (C=O) groups excluding carboxylic acids is 1. The zero-order valence-corrected chi connectivity index (χ0v) is 10.9. The highest BCUT2D eigenvalue weighted by atomic mass is 19.2. The summed E-state index contributed by atoms with van der Waals surface area (Å²) in [4.78, 5) is 12.3. The van der Waals surface area contributed by atoms with Gasteiger partial charge in [0.2, 0.25) is 5.91 Å². The SMILES string of the molecule is CCCC1(C(=O)Nc2cccc(F)c2F)CCCN1. The van der Waals surface area contributed by atoms with Gasteiger partial charge in [0.1, 0.15) is 0 Å². The van der Waals surface area contributed by atoms with Crippen LogP contribution in [0.5, 0.6) is 0 Å². The minimum atomic E-state index is -1.01. The first-order chi connectivity index (χ1) is 9.09. The molecule has 1 aromatic rings. The highest BCUT2D eigenvalue weighted by Gasteiger charge is 2.40. The van der Waals surface area contributed by atoms with Crippen LogP contribution in [0.2, 0.25) is 0 Å². The lowest BCUT2D eigenvalue weighted by Gasteiger charge is -2.27. The van der Waals surface area contributed by atoms with Crippen LogP contribution in [-0.2, 0) is 4.79 Å². The second-order valence-electron chi connectivity index (χ2n) is 4.92. The minimum Gasteiger partial charge on any atom is -0.322 e. The monoisotopic (exact) mass is 268 g/mol. The van der Waals surface area contributed by atoms with E-state index in [1.165, 1.54) is 12.1 Å². The summed E-state index contributed by atoms with van der Waals surface area (Å²) < 4.78 is 26.7. The van der Waals surface area contributed by atoms with Gasteiger partial charge in [0, 0.05) is 0 Å². The van der Waals surface area contributed by atoms with Gasteiger partial charge in [0.25, 0.3) is 0 Å². The maximum absolute atomic E-state index is 13.5. The van der Waals surface area contributed by atoms with Crippen LogP contribution in [0.15, 0.2) is 18.2 Å². The first-order valence-electron chi connectivity index (χ1n) is 6.59. The maximum atomic E-state index is 13.5. The number of nitrogens with one attached hydrogen (secondary N) is 2. The third kappa shape index (κ3) is 2.76. The number of benzene rings is 1. The van der Waals surface area contributed by atoms with Crippen LogP contribution >= 0.6 is 0 Å². The van der Waals surface area contributed by atoms with E-state index in [9.17, 15) is 13.6 Å². The van der Waals surface area contributed by atoms with Crippen molar-refractivity contribution in [2.75, 3.05) is 11.9 Å². The van der Waals surface area contributed by atoms with Gasteiger partial charge in [-0.25, -0.2) is 8.78 Å². The van der Waals surface area contributed by atoms with Crippen molar-refractivity contribution in [3.63, 3.8) is 0 Å². The molecule has 1 fully saturated rings. The van der Waals surface area contributed by atoms with E-state index >= 15 is 0 Å². The van der Waals surface area contributed by atoms with Crippen molar-refractivity contribution < 1.29 is 13.6 Å². The fourth-order valence-corrected chi connectivity index (χ4v) is 2.60. The molecular formula is C14H18F2N2O. The lowest BCUT2D eigenvalue weighted by Crippen LogP contribution is -2.50. The van der Waals surface area contributed by atoms with Crippen LogP contribution in [0.25, 0.3) is 0 Å². The molecule has 3 nitrogen and oxygen atoms in total. The molecule has 1 heterocycles. The van der Waals surface area contributed by atoms with E-state index in [-0.39, 0.29) is 11.6 Å². The van der Waals surface area contributed by atoms with Crippen molar-refractivity contribution in [3.8, 4) is 0 Å². The summed E-state index contributed by atoms with van der Waals surface area (Å²) in [5, 5.41) is 5.70. The van der Waals surface area contributed by atoms with Gasteiger partial charge in [-0.3, -0.25) is 4.79 Å².